The molecule has 7 heteroatoms. The first kappa shape index (κ1) is 16.1. The lowest BCUT2D eigenvalue weighted by molar-refractivity contribution is -0.139. The van der Waals surface area contributed by atoms with Crippen LogP contribution in [0.2, 0.25) is 0 Å². The molecule has 132 valence electrons. The lowest BCUT2D eigenvalue weighted by Crippen LogP contribution is -2.69. The van der Waals surface area contributed by atoms with Gasteiger partial charge in [0.05, 0.1) is 24.3 Å². The van der Waals surface area contributed by atoms with Gasteiger partial charge in [0.2, 0.25) is 5.88 Å². The van der Waals surface area contributed by atoms with Crippen molar-refractivity contribution >= 4 is 5.52 Å². The zero-order valence-electron chi connectivity index (χ0n) is 15.3. The molecule has 1 aliphatic carbocycles. The molecule has 0 spiro atoms. The van der Waals surface area contributed by atoms with E-state index < -0.39 is 0 Å². The Morgan fingerprint density at radius 2 is 2.04 bits per heavy atom. The van der Waals surface area contributed by atoms with Gasteiger partial charge in [-0.3, -0.25) is 4.68 Å². The van der Waals surface area contributed by atoms with Crippen molar-refractivity contribution in [1.29, 1.82) is 0 Å². The highest BCUT2D eigenvalue weighted by molar-refractivity contribution is 5.63. The summed E-state index contributed by atoms with van der Waals surface area (Å²) in [7, 11) is 3.89. The van der Waals surface area contributed by atoms with Crippen LogP contribution in [-0.2, 0) is 7.05 Å². The van der Waals surface area contributed by atoms with E-state index in [1.165, 1.54) is 0 Å². The normalized spacial score (nSPS) is 25.1. The maximum Gasteiger partial charge on any atom is 0.241 e. The topological polar surface area (TPSA) is 69.3 Å². The van der Waals surface area contributed by atoms with E-state index in [1.807, 2.05) is 37.1 Å². The molecule has 25 heavy (non-hydrogen) atoms. The maximum atomic E-state index is 6.49. The molecule has 1 saturated carbocycles. The predicted octanol–water partition coefficient (Wildman–Crippen LogP) is 2.29. The van der Waals surface area contributed by atoms with Crippen molar-refractivity contribution in [3.63, 3.8) is 0 Å². The van der Waals surface area contributed by atoms with Crippen molar-refractivity contribution in [2.24, 2.45) is 12.5 Å². The third-order valence-corrected chi connectivity index (χ3v) is 5.85. The van der Waals surface area contributed by atoms with E-state index in [4.69, 9.17) is 9.72 Å². The zero-order chi connectivity index (χ0) is 17.8. The summed E-state index contributed by atoms with van der Waals surface area (Å²) in [5.74, 6) is 0.615. The van der Waals surface area contributed by atoms with Crippen molar-refractivity contribution in [2.45, 2.75) is 38.8 Å². The van der Waals surface area contributed by atoms with Gasteiger partial charge in [0.25, 0.3) is 0 Å². The van der Waals surface area contributed by atoms with E-state index in [9.17, 15) is 0 Å². The summed E-state index contributed by atoms with van der Waals surface area (Å²) in [5.41, 5.74) is 2.33. The molecule has 1 fully saturated rings. The summed E-state index contributed by atoms with van der Waals surface area (Å²) in [6.45, 7) is 6.62. The fraction of sp³-hybridized carbons (Fsp3) is 0.500. The molecule has 4 rings (SSSR count). The number of rotatable bonds is 4. The molecule has 0 unspecified atom stereocenters. The molecule has 0 saturated heterocycles. The standard InChI is InChI=1S/C18H24N6O/c1-17(2)15(19-4)8-18(17,3)25-16-14-6-7-20-24(14)11-13(22-16)12-9-21-23(5)10-12/h6-7,9-11,15,19H,8H2,1-5H3/t15-,18+/m0/s1. The second-order valence-corrected chi connectivity index (χ2v) is 7.59. The lowest BCUT2D eigenvalue weighted by Gasteiger charge is -2.58. The number of nitrogens with one attached hydrogen (secondary N) is 1. The summed E-state index contributed by atoms with van der Waals surface area (Å²) in [6, 6.07) is 2.36. The van der Waals surface area contributed by atoms with Crippen molar-refractivity contribution < 1.29 is 4.74 Å². The minimum absolute atomic E-state index is 0.00471. The molecule has 0 amide bonds. The number of hydrogen-bond acceptors (Lipinski definition) is 5. The van der Waals surface area contributed by atoms with Crippen molar-refractivity contribution in [3.8, 4) is 17.1 Å². The van der Waals surface area contributed by atoms with E-state index in [2.05, 4.69) is 36.3 Å². The number of ether oxygens (including phenoxy) is 1. The molecule has 0 bridgehead atoms. The van der Waals surface area contributed by atoms with Crippen LogP contribution >= 0.6 is 0 Å². The summed E-state index contributed by atoms with van der Waals surface area (Å²) in [5, 5.41) is 12.0. The lowest BCUT2D eigenvalue weighted by atomic mass is 9.56. The number of hydrogen-bond donors (Lipinski definition) is 1. The molecule has 2 atom stereocenters. The Hall–Kier alpha value is -2.41. The Kier molecular flexibility index (Phi) is 3.40. The number of fused-ring (bicyclic) bond motifs is 1. The van der Waals surface area contributed by atoms with Gasteiger partial charge in [-0.2, -0.15) is 10.2 Å². The molecule has 3 aromatic heterocycles. The van der Waals surface area contributed by atoms with Crippen LogP contribution in [0, 0.1) is 5.41 Å². The molecule has 3 aromatic rings. The van der Waals surface area contributed by atoms with E-state index in [-0.39, 0.29) is 11.0 Å². The van der Waals surface area contributed by atoms with E-state index in [0.717, 1.165) is 23.2 Å². The average Bonchev–Trinajstić information content (AvgIpc) is 3.21. The van der Waals surface area contributed by atoms with Gasteiger partial charge in [-0.1, -0.05) is 13.8 Å². The van der Waals surface area contributed by atoms with Crippen molar-refractivity contribution in [3.05, 3.63) is 30.9 Å². The quantitative estimate of drug-likeness (QED) is 0.789. The van der Waals surface area contributed by atoms with Gasteiger partial charge in [0.15, 0.2) is 0 Å². The fourth-order valence-corrected chi connectivity index (χ4v) is 3.66. The summed E-state index contributed by atoms with van der Waals surface area (Å²) >= 11 is 0. The summed E-state index contributed by atoms with van der Waals surface area (Å²) in [4.78, 5) is 4.78. The van der Waals surface area contributed by atoms with Gasteiger partial charge < -0.3 is 10.1 Å². The van der Waals surface area contributed by atoms with Gasteiger partial charge in [0, 0.05) is 36.7 Å². The number of aromatic nitrogens is 5. The van der Waals surface area contributed by atoms with Gasteiger partial charge in [-0.05, 0) is 20.0 Å². The van der Waals surface area contributed by atoms with Crippen LogP contribution in [-0.4, -0.2) is 43.1 Å². The van der Waals surface area contributed by atoms with Crippen LogP contribution < -0.4 is 10.1 Å². The Balaban J connectivity index is 1.76. The van der Waals surface area contributed by atoms with Gasteiger partial charge in [-0.15, -0.1) is 0 Å². The molecule has 0 aromatic carbocycles. The Labute approximate surface area is 147 Å². The monoisotopic (exact) mass is 340 g/mol. The van der Waals surface area contributed by atoms with Crippen LogP contribution in [0.5, 0.6) is 5.88 Å². The molecule has 3 heterocycles. The largest absolute Gasteiger partial charge is 0.469 e. The second kappa shape index (κ2) is 5.29. The molecule has 1 aliphatic rings. The average molecular weight is 340 g/mol. The Morgan fingerprint density at radius 3 is 2.68 bits per heavy atom. The number of aryl methyl sites for hydroxylation is 1. The van der Waals surface area contributed by atoms with E-state index >= 15 is 0 Å². The summed E-state index contributed by atoms with van der Waals surface area (Å²) < 4.78 is 10.1. The van der Waals surface area contributed by atoms with E-state index in [1.54, 1.807) is 17.1 Å². The van der Waals surface area contributed by atoms with E-state index in [0.29, 0.717) is 11.9 Å². The third kappa shape index (κ3) is 2.33. The molecular weight excluding hydrogens is 316 g/mol. The first-order chi connectivity index (χ1) is 11.8. The van der Waals surface area contributed by atoms with Gasteiger partial charge in [-0.25, -0.2) is 9.50 Å². The summed E-state index contributed by atoms with van der Waals surface area (Å²) in [6.07, 6.45) is 8.35. The highest BCUT2D eigenvalue weighted by Gasteiger charge is 2.59. The van der Waals surface area contributed by atoms with Crippen molar-refractivity contribution in [1.82, 2.24) is 29.7 Å². The minimum Gasteiger partial charge on any atom is -0.469 e. The maximum absolute atomic E-state index is 6.49. The van der Waals surface area contributed by atoms with Crippen molar-refractivity contribution in [2.75, 3.05) is 7.05 Å². The zero-order valence-corrected chi connectivity index (χ0v) is 15.3. The molecule has 0 aliphatic heterocycles. The Morgan fingerprint density at radius 1 is 1.24 bits per heavy atom. The van der Waals surface area contributed by atoms with Crippen LogP contribution in [0.4, 0.5) is 0 Å². The van der Waals surface area contributed by atoms with Crippen LogP contribution in [0.1, 0.15) is 27.2 Å². The van der Waals surface area contributed by atoms with Gasteiger partial charge >= 0.3 is 0 Å². The molecular formula is C18H24N6O. The molecule has 1 N–H and O–H groups in total. The van der Waals surface area contributed by atoms with Crippen LogP contribution in [0.25, 0.3) is 16.8 Å². The minimum atomic E-state index is -0.286. The smallest absolute Gasteiger partial charge is 0.241 e. The molecule has 7 nitrogen and oxygen atoms in total. The highest BCUT2D eigenvalue weighted by atomic mass is 16.5. The fourth-order valence-electron chi connectivity index (χ4n) is 3.66. The first-order valence-electron chi connectivity index (χ1n) is 8.54. The van der Waals surface area contributed by atoms with Crippen LogP contribution in [0.3, 0.4) is 0 Å². The first-order valence-corrected chi connectivity index (χ1v) is 8.54. The predicted molar refractivity (Wildman–Crippen MR) is 95.5 cm³/mol. The second-order valence-electron chi connectivity index (χ2n) is 7.59. The Bertz CT molecular complexity index is 927. The third-order valence-electron chi connectivity index (χ3n) is 5.85. The van der Waals surface area contributed by atoms with Gasteiger partial charge in [0.1, 0.15) is 11.1 Å². The number of nitrogens with zero attached hydrogens (tertiary/aromatic N) is 5. The highest BCUT2D eigenvalue weighted by Crippen LogP contribution is 2.51. The SMILES string of the molecule is CN[C@H]1C[C@@](C)(Oc2nc(-c3cnn(C)c3)cn3nccc23)C1(C)C. The van der Waals surface area contributed by atoms with Crippen LogP contribution in [0.15, 0.2) is 30.9 Å². The molecule has 0 radical (unpaired) electrons.